The van der Waals surface area contributed by atoms with Gasteiger partial charge in [0.05, 0.1) is 38.4 Å². The highest BCUT2D eigenvalue weighted by atomic mass is 16.6. The number of carbonyl (C=O) groups excluding carboxylic acids is 3. The van der Waals surface area contributed by atoms with E-state index in [1.54, 1.807) is 6.92 Å². The van der Waals surface area contributed by atoms with Crippen LogP contribution in [-0.4, -0.2) is 61.5 Å². The van der Waals surface area contributed by atoms with Gasteiger partial charge in [0.2, 0.25) is 0 Å². The Morgan fingerprint density at radius 2 is 1.50 bits per heavy atom. The molecule has 2 atom stereocenters. The number of carbonyl (C=O) groups is 4. The number of unbranched alkanes of at least 4 members (excludes halogenated alkanes) is 2. The number of carboxylic acids is 1. The molecule has 0 bridgehead atoms. The largest absolute Gasteiger partial charge is 0.481 e. The van der Waals surface area contributed by atoms with E-state index in [-0.39, 0.29) is 56.0 Å². The topological polar surface area (TPSA) is 129 Å². The van der Waals surface area contributed by atoms with Crippen molar-refractivity contribution in [2.75, 3.05) is 26.4 Å². The normalized spacial score (nSPS) is 15.8. The lowest BCUT2D eigenvalue weighted by molar-refractivity contribution is -0.149. The van der Waals surface area contributed by atoms with Crippen LogP contribution in [0.1, 0.15) is 71.1 Å². The fourth-order valence-electron chi connectivity index (χ4n) is 2.88. The average Bonchev–Trinajstić information content (AvgIpc) is 3.51. The van der Waals surface area contributed by atoms with Gasteiger partial charge in [-0.15, -0.1) is 0 Å². The number of rotatable bonds is 18. The Morgan fingerprint density at radius 1 is 0.900 bits per heavy atom. The molecule has 0 saturated carbocycles. The highest BCUT2D eigenvalue weighted by Gasteiger charge is 2.31. The number of epoxide rings is 1. The van der Waals surface area contributed by atoms with E-state index in [0.29, 0.717) is 64.6 Å². The van der Waals surface area contributed by atoms with E-state index in [9.17, 15) is 19.2 Å². The second kappa shape index (κ2) is 15.6. The maximum Gasteiger partial charge on any atom is 0.309 e. The first-order valence-electron chi connectivity index (χ1n) is 10.7. The van der Waals surface area contributed by atoms with Gasteiger partial charge in [-0.25, -0.2) is 0 Å². The van der Waals surface area contributed by atoms with Crippen molar-refractivity contribution in [1.82, 2.24) is 0 Å². The number of esters is 3. The Balaban J connectivity index is 2.16. The molecule has 2 unspecified atom stereocenters. The lowest BCUT2D eigenvalue weighted by atomic mass is 9.98. The van der Waals surface area contributed by atoms with Crippen molar-refractivity contribution >= 4 is 23.9 Å². The van der Waals surface area contributed by atoms with Gasteiger partial charge >= 0.3 is 23.9 Å². The summed E-state index contributed by atoms with van der Waals surface area (Å²) in [6, 6.07) is 0. The van der Waals surface area contributed by atoms with Crippen molar-refractivity contribution in [1.29, 1.82) is 0 Å². The molecule has 172 valence electrons. The molecule has 0 aromatic carbocycles. The first-order valence-corrected chi connectivity index (χ1v) is 10.7. The van der Waals surface area contributed by atoms with Crippen LogP contribution in [0.15, 0.2) is 0 Å². The third-order valence-electron chi connectivity index (χ3n) is 4.59. The predicted octanol–water partition coefficient (Wildman–Crippen LogP) is 2.64. The molecule has 1 rings (SSSR count). The van der Waals surface area contributed by atoms with Crippen LogP contribution >= 0.6 is 0 Å². The monoisotopic (exact) mass is 430 g/mol. The molecule has 0 amide bonds. The van der Waals surface area contributed by atoms with E-state index >= 15 is 0 Å². The minimum atomic E-state index is -0.875. The summed E-state index contributed by atoms with van der Waals surface area (Å²) in [5, 5.41) is 8.56. The molecule has 0 aliphatic carbocycles. The van der Waals surface area contributed by atoms with E-state index < -0.39 is 5.97 Å². The second-order valence-electron chi connectivity index (χ2n) is 7.28. The van der Waals surface area contributed by atoms with Crippen LogP contribution in [0.5, 0.6) is 0 Å². The lowest BCUT2D eigenvalue weighted by Crippen LogP contribution is -2.21. The van der Waals surface area contributed by atoms with Crippen molar-refractivity contribution in [3.63, 3.8) is 0 Å². The van der Waals surface area contributed by atoms with Gasteiger partial charge in [0.1, 0.15) is 0 Å². The van der Waals surface area contributed by atoms with Crippen LogP contribution in [0.4, 0.5) is 0 Å². The Labute approximate surface area is 177 Å². The van der Waals surface area contributed by atoms with Crippen molar-refractivity contribution in [3.05, 3.63) is 0 Å². The molecule has 1 fully saturated rings. The predicted molar refractivity (Wildman–Crippen MR) is 106 cm³/mol. The minimum absolute atomic E-state index is 0.0448. The zero-order valence-corrected chi connectivity index (χ0v) is 17.8. The number of aliphatic carboxylic acids is 1. The standard InChI is InChI=1S/C21H34O9/c1-2-27-19(24)11-5-6-12-29-21(26)16(14-17-15-30-17)8-7-13-28-20(25)10-4-3-9-18(22)23/h16-17H,2-15H2,1H3,(H,22,23). The molecule has 0 spiro atoms. The average molecular weight is 430 g/mol. The maximum atomic E-state index is 12.3. The summed E-state index contributed by atoms with van der Waals surface area (Å²) in [5.41, 5.74) is 0. The quantitative estimate of drug-likeness (QED) is 0.151. The number of ether oxygens (including phenoxy) is 4. The van der Waals surface area contributed by atoms with Gasteiger partial charge in [0, 0.05) is 19.3 Å². The van der Waals surface area contributed by atoms with Crippen LogP contribution in [0.25, 0.3) is 0 Å². The summed E-state index contributed by atoms with van der Waals surface area (Å²) >= 11 is 0. The zero-order chi connectivity index (χ0) is 22.2. The summed E-state index contributed by atoms with van der Waals surface area (Å²) < 4.78 is 20.5. The van der Waals surface area contributed by atoms with Crippen LogP contribution in [0.3, 0.4) is 0 Å². The van der Waals surface area contributed by atoms with Gasteiger partial charge in [-0.1, -0.05) is 0 Å². The molecule has 1 N–H and O–H groups in total. The fraction of sp³-hybridized carbons (Fsp3) is 0.810. The van der Waals surface area contributed by atoms with Crippen LogP contribution in [-0.2, 0) is 38.1 Å². The van der Waals surface area contributed by atoms with Gasteiger partial charge in [-0.2, -0.15) is 0 Å². The summed E-state index contributed by atoms with van der Waals surface area (Å²) in [7, 11) is 0. The van der Waals surface area contributed by atoms with Crippen molar-refractivity contribution < 1.29 is 43.2 Å². The first kappa shape index (κ1) is 25.9. The minimum Gasteiger partial charge on any atom is -0.481 e. The summed E-state index contributed by atoms with van der Waals surface area (Å²) in [5.74, 6) is -2.07. The Hall–Kier alpha value is -2.16. The SMILES string of the molecule is CCOC(=O)CCCCOC(=O)C(CCCOC(=O)CCCCC(=O)O)CC1CO1. The molecule has 0 aromatic rings. The maximum absolute atomic E-state index is 12.3. The molecular weight excluding hydrogens is 396 g/mol. The Kier molecular flexibility index (Phi) is 13.5. The van der Waals surface area contributed by atoms with E-state index in [0.717, 1.165) is 0 Å². The van der Waals surface area contributed by atoms with E-state index in [1.807, 2.05) is 0 Å². The van der Waals surface area contributed by atoms with Crippen LogP contribution in [0, 0.1) is 5.92 Å². The third kappa shape index (κ3) is 13.9. The molecule has 30 heavy (non-hydrogen) atoms. The second-order valence-corrected chi connectivity index (χ2v) is 7.28. The van der Waals surface area contributed by atoms with Crippen LogP contribution < -0.4 is 0 Å². The molecule has 9 heteroatoms. The molecule has 9 nitrogen and oxygen atoms in total. The third-order valence-corrected chi connectivity index (χ3v) is 4.59. The summed E-state index contributed by atoms with van der Waals surface area (Å²) in [6.07, 6.45) is 4.42. The van der Waals surface area contributed by atoms with E-state index in [1.165, 1.54) is 0 Å². The molecule has 1 saturated heterocycles. The Bertz CT molecular complexity index is 543. The van der Waals surface area contributed by atoms with Crippen molar-refractivity contribution in [2.45, 2.75) is 77.2 Å². The van der Waals surface area contributed by atoms with Gasteiger partial charge in [-0.05, 0) is 51.9 Å². The number of hydrogen-bond acceptors (Lipinski definition) is 8. The highest BCUT2D eigenvalue weighted by Crippen LogP contribution is 2.24. The number of hydrogen-bond donors (Lipinski definition) is 1. The summed E-state index contributed by atoms with van der Waals surface area (Å²) in [6.45, 7) is 3.23. The van der Waals surface area contributed by atoms with Crippen molar-refractivity contribution in [3.8, 4) is 0 Å². The van der Waals surface area contributed by atoms with Gasteiger partial charge in [-0.3, -0.25) is 19.2 Å². The highest BCUT2D eigenvalue weighted by molar-refractivity contribution is 5.72. The number of carboxylic acid groups (broad SMARTS) is 1. The van der Waals surface area contributed by atoms with Crippen LogP contribution in [0.2, 0.25) is 0 Å². The fourth-order valence-corrected chi connectivity index (χ4v) is 2.88. The molecule has 1 heterocycles. The van der Waals surface area contributed by atoms with Gasteiger partial charge in [0.15, 0.2) is 0 Å². The Morgan fingerprint density at radius 3 is 2.13 bits per heavy atom. The zero-order valence-electron chi connectivity index (χ0n) is 17.8. The van der Waals surface area contributed by atoms with E-state index in [2.05, 4.69) is 0 Å². The summed E-state index contributed by atoms with van der Waals surface area (Å²) in [4.78, 5) is 45.7. The molecule has 0 aromatic heterocycles. The lowest BCUT2D eigenvalue weighted by Gasteiger charge is -2.15. The molecule has 1 aliphatic rings. The smallest absolute Gasteiger partial charge is 0.309 e. The van der Waals surface area contributed by atoms with Crippen molar-refractivity contribution in [2.24, 2.45) is 5.92 Å². The van der Waals surface area contributed by atoms with E-state index in [4.69, 9.17) is 24.1 Å². The molecule has 1 aliphatic heterocycles. The first-order chi connectivity index (χ1) is 14.4. The van der Waals surface area contributed by atoms with Gasteiger partial charge in [0.25, 0.3) is 0 Å². The molecular formula is C21H34O9. The molecule has 0 radical (unpaired) electrons. The van der Waals surface area contributed by atoms with Gasteiger partial charge < -0.3 is 24.1 Å².